The molecule has 2 aliphatic rings. The first-order chi connectivity index (χ1) is 9.72. The van der Waals surface area contributed by atoms with E-state index in [0.29, 0.717) is 12.5 Å². The van der Waals surface area contributed by atoms with Gasteiger partial charge in [-0.15, -0.1) is 0 Å². The highest BCUT2D eigenvalue weighted by Crippen LogP contribution is 2.29. The SMILES string of the molecule is C[C@H]1CCCN(c2ccc(CNC(=O)C3CC3)cc2)C1. The summed E-state index contributed by atoms with van der Waals surface area (Å²) in [6.45, 7) is 5.32. The van der Waals surface area contributed by atoms with Gasteiger partial charge in [0, 0.05) is 31.2 Å². The van der Waals surface area contributed by atoms with E-state index in [4.69, 9.17) is 0 Å². The summed E-state index contributed by atoms with van der Waals surface area (Å²) >= 11 is 0. The van der Waals surface area contributed by atoms with E-state index in [0.717, 1.165) is 25.3 Å². The number of piperidine rings is 1. The third-order valence-corrected chi connectivity index (χ3v) is 4.37. The van der Waals surface area contributed by atoms with E-state index in [1.807, 2.05) is 0 Å². The molecule has 1 amide bonds. The van der Waals surface area contributed by atoms with Gasteiger partial charge in [0.25, 0.3) is 0 Å². The van der Waals surface area contributed by atoms with Crippen molar-refractivity contribution in [1.82, 2.24) is 5.32 Å². The third kappa shape index (κ3) is 3.33. The number of hydrogen-bond donors (Lipinski definition) is 1. The Hall–Kier alpha value is -1.51. The lowest BCUT2D eigenvalue weighted by molar-refractivity contribution is -0.122. The second-order valence-electron chi connectivity index (χ2n) is 6.35. The first kappa shape index (κ1) is 13.5. The van der Waals surface area contributed by atoms with Gasteiger partial charge < -0.3 is 10.2 Å². The molecular weight excluding hydrogens is 248 g/mol. The molecule has 1 aromatic carbocycles. The van der Waals surface area contributed by atoms with E-state index >= 15 is 0 Å². The summed E-state index contributed by atoms with van der Waals surface area (Å²) < 4.78 is 0. The van der Waals surface area contributed by atoms with Crippen LogP contribution in [0.4, 0.5) is 5.69 Å². The van der Waals surface area contributed by atoms with Crippen molar-refractivity contribution < 1.29 is 4.79 Å². The molecule has 2 fully saturated rings. The molecule has 0 unspecified atom stereocenters. The van der Waals surface area contributed by atoms with Crippen LogP contribution in [-0.4, -0.2) is 19.0 Å². The largest absolute Gasteiger partial charge is 0.371 e. The van der Waals surface area contributed by atoms with Gasteiger partial charge in [-0.3, -0.25) is 4.79 Å². The Kier molecular flexibility index (Phi) is 3.95. The van der Waals surface area contributed by atoms with Gasteiger partial charge in [0.2, 0.25) is 5.91 Å². The first-order valence-electron chi connectivity index (χ1n) is 7.84. The van der Waals surface area contributed by atoms with Crippen molar-refractivity contribution in [1.29, 1.82) is 0 Å². The van der Waals surface area contributed by atoms with Crippen LogP contribution in [0.25, 0.3) is 0 Å². The Bertz CT molecular complexity index is 464. The molecule has 108 valence electrons. The summed E-state index contributed by atoms with van der Waals surface area (Å²) in [5.41, 5.74) is 2.50. The molecule has 1 saturated heterocycles. The molecule has 1 heterocycles. The minimum absolute atomic E-state index is 0.221. The Labute approximate surface area is 121 Å². The first-order valence-corrected chi connectivity index (χ1v) is 7.84. The second kappa shape index (κ2) is 5.86. The number of carbonyl (C=O) groups is 1. The van der Waals surface area contributed by atoms with E-state index < -0.39 is 0 Å². The second-order valence-corrected chi connectivity index (χ2v) is 6.35. The number of nitrogens with one attached hydrogen (secondary N) is 1. The number of carbonyl (C=O) groups excluding carboxylic acids is 1. The zero-order chi connectivity index (χ0) is 13.9. The fraction of sp³-hybridized carbons (Fsp3) is 0.588. The smallest absolute Gasteiger partial charge is 0.223 e. The molecule has 20 heavy (non-hydrogen) atoms. The maximum absolute atomic E-state index is 11.6. The summed E-state index contributed by atoms with van der Waals surface area (Å²) in [5.74, 6) is 1.31. The summed E-state index contributed by atoms with van der Waals surface area (Å²) in [6.07, 6.45) is 4.78. The molecule has 0 radical (unpaired) electrons. The molecule has 1 aliphatic carbocycles. The van der Waals surface area contributed by atoms with Gasteiger partial charge in [-0.25, -0.2) is 0 Å². The van der Waals surface area contributed by atoms with Crippen molar-refractivity contribution in [2.24, 2.45) is 11.8 Å². The molecule has 3 nitrogen and oxygen atoms in total. The zero-order valence-corrected chi connectivity index (χ0v) is 12.3. The lowest BCUT2D eigenvalue weighted by atomic mass is 9.99. The van der Waals surface area contributed by atoms with E-state index in [9.17, 15) is 4.79 Å². The quantitative estimate of drug-likeness (QED) is 0.914. The Morgan fingerprint density at radius 1 is 1.25 bits per heavy atom. The predicted molar refractivity (Wildman–Crippen MR) is 81.6 cm³/mol. The van der Waals surface area contributed by atoms with Crippen molar-refractivity contribution in [2.45, 2.75) is 39.2 Å². The summed E-state index contributed by atoms with van der Waals surface area (Å²) in [7, 11) is 0. The van der Waals surface area contributed by atoms with Crippen LogP contribution in [-0.2, 0) is 11.3 Å². The lowest BCUT2D eigenvalue weighted by Gasteiger charge is -2.32. The minimum atomic E-state index is 0.221. The molecule has 1 saturated carbocycles. The van der Waals surface area contributed by atoms with Gasteiger partial charge in [-0.05, 0) is 49.3 Å². The standard InChI is InChI=1S/C17H24N2O/c1-13-3-2-10-19(12-13)16-8-4-14(5-9-16)11-18-17(20)15-6-7-15/h4-5,8-9,13,15H,2-3,6-7,10-12H2,1H3,(H,18,20)/t13-/m0/s1. The Morgan fingerprint density at radius 3 is 2.65 bits per heavy atom. The fourth-order valence-corrected chi connectivity index (χ4v) is 2.93. The van der Waals surface area contributed by atoms with E-state index in [1.165, 1.54) is 30.6 Å². The Morgan fingerprint density at radius 2 is 2.00 bits per heavy atom. The highest BCUT2D eigenvalue weighted by Gasteiger charge is 2.29. The van der Waals surface area contributed by atoms with E-state index in [2.05, 4.69) is 41.4 Å². The van der Waals surface area contributed by atoms with Crippen molar-refractivity contribution in [3.8, 4) is 0 Å². The van der Waals surface area contributed by atoms with Crippen LogP contribution >= 0.6 is 0 Å². The van der Waals surface area contributed by atoms with Crippen molar-refractivity contribution in [2.75, 3.05) is 18.0 Å². The fourth-order valence-electron chi connectivity index (χ4n) is 2.93. The molecule has 3 heteroatoms. The molecular formula is C17H24N2O. The lowest BCUT2D eigenvalue weighted by Crippen LogP contribution is -2.34. The van der Waals surface area contributed by atoms with Crippen LogP contribution < -0.4 is 10.2 Å². The molecule has 1 N–H and O–H groups in total. The van der Waals surface area contributed by atoms with Crippen LogP contribution in [0.1, 0.15) is 38.2 Å². The summed E-state index contributed by atoms with van der Waals surface area (Å²) in [5, 5.41) is 3.01. The normalized spacial score (nSPS) is 22.6. The average Bonchev–Trinajstić information content (AvgIpc) is 3.30. The number of hydrogen-bond acceptors (Lipinski definition) is 2. The number of rotatable bonds is 4. The van der Waals surface area contributed by atoms with Gasteiger partial charge in [-0.1, -0.05) is 19.1 Å². The molecule has 3 rings (SSSR count). The van der Waals surface area contributed by atoms with Crippen LogP contribution in [0, 0.1) is 11.8 Å². The van der Waals surface area contributed by atoms with Crippen LogP contribution in [0.15, 0.2) is 24.3 Å². The van der Waals surface area contributed by atoms with Crippen molar-refractivity contribution in [3.63, 3.8) is 0 Å². The highest BCUT2D eigenvalue weighted by molar-refractivity contribution is 5.80. The molecule has 0 spiro atoms. The van der Waals surface area contributed by atoms with Gasteiger partial charge in [0.15, 0.2) is 0 Å². The predicted octanol–water partition coefficient (Wildman–Crippen LogP) is 2.95. The van der Waals surface area contributed by atoms with Gasteiger partial charge >= 0.3 is 0 Å². The topological polar surface area (TPSA) is 32.3 Å². The maximum Gasteiger partial charge on any atom is 0.223 e. The molecule has 1 aromatic rings. The van der Waals surface area contributed by atoms with Crippen molar-refractivity contribution >= 4 is 11.6 Å². The number of nitrogens with zero attached hydrogens (tertiary/aromatic N) is 1. The van der Waals surface area contributed by atoms with E-state index in [-0.39, 0.29) is 5.91 Å². The van der Waals surface area contributed by atoms with Crippen molar-refractivity contribution in [3.05, 3.63) is 29.8 Å². The monoisotopic (exact) mass is 272 g/mol. The molecule has 1 aliphatic heterocycles. The highest BCUT2D eigenvalue weighted by atomic mass is 16.2. The van der Waals surface area contributed by atoms with Crippen LogP contribution in [0.2, 0.25) is 0 Å². The third-order valence-electron chi connectivity index (χ3n) is 4.37. The summed E-state index contributed by atoms with van der Waals surface area (Å²) in [6, 6.07) is 8.66. The number of benzene rings is 1. The molecule has 0 bridgehead atoms. The average molecular weight is 272 g/mol. The number of anilines is 1. The van der Waals surface area contributed by atoms with Crippen LogP contribution in [0.3, 0.4) is 0 Å². The van der Waals surface area contributed by atoms with Gasteiger partial charge in [-0.2, -0.15) is 0 Å². The zero-order valence-electron chi connectivity index (χ0n) is 12.3. The minimum Gasteiger partial charge on any atom is -0.371 e. The molecule has 1 atom stereocenters. The van der Waals surface area contributed by atoms with Gasteiger partial charge in [0.05, 0.1) is 0 Å². The van der Waals surface area contributed by atoms with E-state index in [1.54, 1.807) is 0 Å². The summed E-state index contributed by atoms with van der Waals surface area (Å²) in [4.78, 5) is 14.1. The Balaban J connectivity index is 1.55. The maximum atomic E-state index is 11.6. The van der Waals surface area contributed by atoms with Crippen LogP contribution in [0.5, 0.6) is 0 Å². The number of amides is 1. The van der Waals surface area contributed by atoms with Gasteiger partial charge in [0.1, 0.15) is 0 Å². The molecule has 0 aromatic heterocycles.